The highest BCUT2D eigenvalue weighted by Crippen LogP contribution is 2.27. The molecule has 1 N–H and O–H groups in total. The van der Waals surface area contributed by atoms with Crippen LogP contribution in [0.2, 0.25) is 0 Å². The Balaban J connectivity index is 2.81. The second-order valence-electron chi connectivity index (χ2n) is 5.32. The molecule has 102 valence electrons. The molecule has 18 heavy (non-hydrogen) atoms. The smallest absolute Gasteiger partial charge is 0.316 e. The number of nitrogens with zero attached hydrogens (tertiary/aromatic N) is 2. The number of hydrogen-bond donors (Lipinski definition) is 1. The Hall–Kier alpha value is -1.17. The number of likely N-dealkylation sites (N-methyl/N-ethyl adjacent to an activating group) is 1. The fraction of sp³-hybridized carbons (Fsp3) is 0.667. The van der Waals surface area contributed by atoms with Gasteiger partial charge in [-0.15, -0.1) is 5.10 Å². The molecule has 0 aliphatic heterocycles. The van der Waals surface area contributed by atoms with Crippen molar-refractivity contribution >= 4 is 0 Å². The summed E-state index contributed by atoms with van der Waals surface area (Å²) in [5, 5.41) is 10.00. The molecule has 1 aromatic rings. The summed E-state index contributed by atoms with van der Waals surface area (Å²) in [6.07, 6.45) is -3.89. The second-order valence-corrected chi connectivity index (χ2v) is 5.32. The molecular formula is C12H18F3N3. The van der Waals surface area contributed by atoms with Crippen molar-refractivity contribution in [3.05, 3.63) is 23.5 Å². The van der Waals surface area contributed by atoms with Crippen molar-refractivity contribution < 1.29 is 13.2 Å². The van der Waals surface area contributed by atoms with E-state index in [-0.39, 0.29) is 11.5 Å². The molecule has 0 aromatic carbocycles. The summed E-state index contributed by atoms with van der Waals surface area (Å²) in [5.41, 5.74) is -0.403. The third kappa shape index (κ3) is 3.94. The first kappa shape index (κ1) is 14.9. The third-order valence-corrected chi connectivity index (χ3v) is 2.82. The number of hydrogen-bond acceptors (Lipinski definition) is 3. The maximum Gasteiger partial charge on any atom is 0.435 e. The van der Waals surface area contributed by atoms with Gasteiger partial charge < -0.3 is 5.32 Å². The average Bonchev–Trinajstić information content (AvgIpc) is 2.23. The maximum absolute atomic E-state index is 12.3. The predicted octanol–water partition coefficient (Wildman–Crippen LogP) is 2.67. The van der Waals surface area contributed by atoms with Crippen LogP contribution in [-0.2, 0) is 12.6 Å². The van der Waals surface area contributed by atoms with E-state index < -0.39 is 11.9 Å². The normalized spacial score (nSPS) is 14.6. The minimum atomic E-state index is -4.43. The van der Waals surface area contributed by atoms with E-state index in [1.807, 2.05) is 7.05 Å². The fourth-order valence-corrected chi connectivity index (χ4v) is 1.67. The van der Waals surface area contributed by atoms with Crippen LogP contribution < -0.4 is 5.32 Å². The van der Waals surface area contributed by atoms with Crippen LogP contribution in [0.1, 0.15) is 32.2 Å². The van der Waals surface area contributed by atoms with E-state index >= 15 is 0 Å². The Morgan fingerprint density at radius 1 is 1.17 bits per heavy atom. The lowest BCUT2D eigenvalue weighted by molar-refractivity contribution is -0.141. The number of rotatable bonds is 3. The van der Waals surface area contributed by atoms with Crippen LogP contribution in [-0.4, -0.2) is 23.3 Å². The molecule has 3 nitrogen and oxygen atoms in total. The molecule has 0 fully saturated rings. The van der Waals surface area contributed by atoms with Gasteiger partial charge in [-0.2, -0.15) is 18.3 Å². The number of aromatic nitrogens is 2. The highest BCUT2D eigenvalue weighted by molar-refractivity contribution is 5.11. The van der Waals surface area contributed by atoms with Crippen LogP contribution in [0.3, 0.4) is 0 Å². The predicted molar refractivity (Wildman–Crippen MR) is 63.0 cm³/mol. The van der Waals surface area contributed by atoms with E-state index in [4.69, 9.17) is 0 Å². The average molecular weight is 261 g/mol. The molecule has 1 atom stereocenters. The largest absolute Gasteiger partial charge is 0.435 e. The van der Waals surface area contributed by atoms with E-state index in [9.17, 15) is 13.2 Å². The van der Waals surface area contributed by atoms with E-state index in [1.54, 1.807) is 0 Å². The zero-order valence-electron chi connectivity index (χ0n) is 11.0. The fourth-order valence-electron chi connectivity index (χ4n) is 1.67. The van der Waals surface area contributed by atoms with Gasteiger partial charge in [-0.25, -0.2) is 0 Å². The topological polar surface area (TPSA) is 37.8 Å². The quantitative estimate of drug-likeness (QED) is 0.909. The second kappa shape index (κ2) is 5.22. The van der Waals surface area contributed by atoms with Gasteiger partial charge in [0, 0.05) is 12.5 Å². The summed E-state index contributed by atoms with van der Waals surface area (Å²) >= 11 is 0. The lowest BCUT2D eigenvalue weighted by atomic mass is 9.84. The number of alkyl halides is 3. The minimum absolute atomic E-state index is 0.000865. The lowest BCUT2D eigenvalue weighted by Gasteiger charge is -2.30. The van der Waals surface area contributed by atoms with Gasteiger partial charge in [-0.05, 0) is 24.6 Å². The van der Waals surface area contributed by atoms with E-state index in [1.165, 1.54) is 6.07 Å². The van der Waals surface area contributed by atoms with Crippen molar-refractivity contribution in [3.63, 3.8) is 0 Å². The van der Waals surface area contributed by atoms with Crippen molar-refractivity contribution in [2.45, 2.75) is 39.4 Å². The van der Waals surface area contributed by atoms with Crippen LogP contribution in [0.15, 0.2) is 12.1 Å². The van der Waals surface area contributed by atoms with Crippen LogP contribution in [0.25, 0.3) is 0 Å². The summed E-state index contributed by atoms with van der Waals surface area (Å²) in [6.45, 7) is 6.18. The molecule has 0 aliphatic rings. The summed E-state index contributed by atoms with van der Waals surface area (Å²) in [7, 11) is 1.83. The maximum atomic E-state index is 12.3. The van der Waals surface area contributed by atoms with Gasteiger partial charge in [0.1, 0.15) is 0 Å². The van der Waals surface area contributed by atoms with Gasteiger partial charge >= 0.3 is 6.18 Å². The molecule has 1 rings (SSSR count). The Labute approximate surface area is 105 Å². The Morgan fingerprint density at radius 3 is 2.11 bits per heavy atom. The molecule has 0 amide bonds. The molecule has 1 aromatic heterocycles. The summed E-state index contributed by atoms with van der Waals surface area (Å²) < 4.78 is 37.0. The van der Waals surface area contributed by atoms with Gasteiger partial charge in [0.25, 0.3) is 0 Å². The zero-order valence-corrected chi connectivity index (χ0v) is 11.0. The molecule has 1 unspecified atom stereocenters. The van der Waals surface area contributed by atoms with Crippen LogP contribution in [0, 0.1) is 5.41 Å². The van der Waals surface area contributed by atoms with Crippen molar-refractivity contribution in [1.82, 2.24) is 15.5 Å². The van der Waals surface area contributed by atoms with E-state index in [2.05, 4.69) is 36.3 Å². The van der Waals surface area contributed by atoms with Gasteiger partial charge in [0.05, 0.1) is 5.69 Å². The van der Waals surface area contributed by atoms with Gasteiger partial charge in [0.15, 0.2) is 5.69 Å². The minimum Gasteiger partial charge on any atom is -0.316 e. The highest BCUT2D eigenvalue weighted by Gasteiger charge is 2.33. The number of nitrogens with one attached hydrogen (secondary N) is 1. The number of halogens is 3. The Bertz CT molecular complexity index is 379. The highest BCUT2D eigenvalue weighted by atomic mass is 19.4. The van der Waals surface area contributed by atoms with Crippen molar-refractivity contribution in [2.24, 2.45) is 5.41 Å². The van der Waals surface area contributed by atoms with Crippen molar-refractivity contribution in [2.75, 3.05) is 7.05 Å². The van der Waals surface area contributed by atoms with Gasteiger partial charge in [0.2, 0.25) is 0 Å². The van der Waals surface area contributed by atoms with E-state index in [0.29, 0.717) is 12.1 Å². The summed E-state index contributed by atoms with van der Waals surface area (Å²) in [5.74, 6) is 0. The molecule has 6 heteroatoms. The monoisotopic (exact) mass is 261 g/mol. The van der Waals surface area contributed by atoms with Crippen molar-refractivity contribution in [3.8, 4) is 0 Å². The molecule has 0 spiro atoms. The first-order valence-electron chi connectivity index (χ1n) is 5.71. The van der Waals surface area contributed by atoms with Crippen molar-refractivity contribution in [1.29, 1.82) is 0 Å². The van der Waals surface area contributed by atoms with E-state index in [0.717, 1.165) is 6.07 Å². The van der Waals surface area contributed by atoms with Crippen LogP contribution >= 0.6 is 0 Å². The Morgan fingerprint density at radius 2 is 1.78 bits per heavy atom. The van der Waals surface area contributed by atoms with Gasteiger partial charge in [-0.3, -0.25) is 0 Å². The summed E-state index contributed by atoms with van der Waals surface area (Å²) in [6, 6.07) is 2.48. The molecule has 0 aliphatic carbocycles. The third-order valence-electron chi connectivity index (χ3n) is 2.82. The first-order chi connectivity index (χ1) is 8.14. The lowest BCUT2D eigenvalue weighted by Crippen LogP contribution is -2.40. The first-order valence-corrected chi connectivity index (χ1v) is 5.71. The standard InChI is InChI=1S/C12H18F3N3/c1-11(2,3)10(16-4)7-8-5-6-9(18-17-8)12(13,14)15/h5-6,10,16H,7H2,1-4H3. The molecule has 0 saturated carbocycles. The molecule has 0 bridgehead atoms. The summed E-state index contributed by atoms with van der Waals surface area (Å²) in [4.78, 5) is 0. The Kier molecular flexibility index (Phi) is 4.32. The van der Waals surface area contributed by atoms with Gasteiger partial charge in [-0.1, -0.05) is 20.8 Å². The van der Waals surface area contributed by atoms with Crippen LogP contribution in [0.4, 0.5) is 13.2 Å². The zero-order chi connectivity index (χ0) is 14.0. The molecule has 1 heterocycles. The molecule has 0 radical (unpaired) electrons. The van der Waals surface area contributed by atoms with Crippen LogP contribution in [0.5, 0.6) is 0 Å². The molecule has 0 saturated heterocycles. The molecular weight excluding hydrogens is 243 g/mol. The SMILES string of the molecule is CNC(Cc1ccc(C(F)(F)F)nn1)C(C)(C)C.